The number of allylic oxidation sites excluding steroid dienone is 1. The van der Waals surface area contributed by atoms with Crippen molar-refractivity contribution < 1.29 is 6.53 Å². The fourth-order valence-electron chi connectivity index (χ4n) is 0.364. The molecule has 0 atom stereocenters. The van der Waals surface area contributed by atoms with Crippen LogP contribution in [0.1, 0.15) is 36.0 Å². The molecule has 0 aromatic rings. The van der Waals surface area contributed by atoms with Gasteiger partial charge in [0.2, 0.25) is 0 Å². The number of nitrogens with two attached hydrogens (primary N) is 1. The van der Waals surface area contributed by atoms with Crippen molar-refractivity contribution in [3.05, 3.63) is 11.8 Å². The topological polar surface area (TPSA) is 70.1 Å². The molecule has 0 aliphatic rings. The van der Waals surface area contributed by atoms with E-state index in [1.165, 1.54) is 6.08 Å². The first-order chi connectivity index (χ1) is 5.34. The maximum Gasteiger partial charge on any atom is 0.118 e. The monoisotopic (exact) mass is 174 g/mol. The lowest BCUT2D eigenvalue weighted by atomic mass is 9.93. The molecule has 3 nitrogen and oxygen atoms in total. The second kappa shape index (κ2) is 5.63. The lowest BCUT2D eigenvalue weighted by molar-refractivity contribution is 0.278. The van der Waals surface area contributed by atoms with E-state index in [1.54, 1.807) is 0 Å². The average molecular weight is 174 g/mol. The lowest BCUT2D eigenvalue weighted by Gasteiger charge is -2.16. The second-order valence-electron chi connectivity index (χ2n) is 3.23. The van der Waals surface area contributed by atoms with Gasteiger partial charge in [-0.25, -0.2) is 0 Å². The van der Waals surface area contributed by atoms with Gasteiger partial charge in [0.15, 0.2) is 0 Å². The first-order valence-corrected chi connectivity index (χ1v) is 4.09. The Bertz CT molecular complexity index is 171. The zero-order chi connectivity index (χ0) is 10.4. The molecule has 0 saturated carbocycles. The van der Waals surface area contributed by atoms with Crippen molar-refractivity contribution in [2.45, 2.75) is 34.6 Å². The summed E-state index contributed by atoms with van der Waals surface area (Å²) < 4.78 is 0. The molecule has 74 valence electrons. The molecule has 0 radical (unpaired) electrons. The molecule has 0 amide bonds. The zero-order valence-corrected chi connectivity index (χ0v) is 8.60. The Kier molecular flexibility index (Phi) is 6.38. The van der Waals surface area contributed by atoms with Gasteiger partial charge in [-0.2, -0.15) is 0 Å². The number of rotatable bonds is 1. The van der Waals surface area contributed by atoms with Gasteiger partial charge in [-0.1, -0.05) is 34.6 Å². The van der Waals surface area contributed by atoms with Gasteiger partial charge in [-0.3, -0.25) is 5.41 Å². The molecule has 0 aromatic heterocycles. The number of hydrogen-bond donors (Lipinski definition) is 3. The minimum atomic E-state index is -0.314. The third kappa shape index (κ3) is 7.12. The average Bonchev–Trinajstić information content (AvgIpc) is 1.88. The van der Waals surface area contributed by atoms with Gasteiger partial charge in [0.25, 0.3) is 0 Å². The Morgan fingerprint density at radius 3 is 1.83 bits per heavy atom. The Hall–Kier alpha value is -0.990. The van der Waals surface area contributed by atoms with Crippen molar-refractivity contribution in [2.75, 3.05) is 0 Å². The molecule has 0 heterocycles. The molecule has 0 fully saturated rings. The minimum absolute atomic E-state index is 0. The maximum atomic E-state index is 9.20. The van der Waals surface area contributed by atoms with Crippen LogP contribution in [0.15, 0.2) is 11.8 Å². The van der Waals surface area contributed by atoms with Gasteiger partial charge in [0, 0.05) is 12.9 Å². The Balaban J connectivity index is -0.000000309. The van der Waals surface area contributed by atoms with E-state index in [9.17, 15) is 5.11 Å². The molecule has 4 N–H and O–H groups in total. The SMILES string of the molecule is CC.CC(C)(C)/C(O)=C/C(=N)N.[HH]. The number of hydrogen-bond acceptors (Lipinski definition) is 2. The van der Waals surface area contributed by atoms with E-state index in [0.29, 0.717) is 0 Å². The number of aliphatic hydroxyl groups excluding tert-OH is 1. The highest BCUT2D eigenvalue weighted by atomic mass is 16.3. The predicted molar refractivity (Wildman–Crippen MR) is 55.5 cm³/mol. The molecule has 0 rings (SSSR count). The van der Waals surface area contributed by atoms with E-state index < -0.39 is 0 Å². The number of amidine groups is 1. The van der Waals surface area contributed by atoms with Crippen molar-refractivity contribution >= 4 is 5.84 Å². The first kappa shape index (κ1) is 13.6. The molecule has 0 bridgehead atoms. The highest BCUT2D eigenvalue weighted by Gasteiger charge is 2.15. The Labute approximate surface area is 76.3 Å². The molecular weight excluding hydrogens is 152 g/mol. The quantitative estimate of drug-likeness (QED) is 0.325. The predicted octanol–water partition coefficient (Wildman–Crippen LogP) is 2.68. The third-order valence-corrected chi connectivity index (χ3v) is 1.06. The van der Waals surface area contributed by atoms with Gasteiger partial charge >= 0.3 is 0 Å². The molecule has 0 aliphatic carbocycles. The molecule has 0 unspecified atom stereocenters. The van der Waals surface area contributed by atoms with E-state index in [2.05, 4.69) is 0 Å². The molecule has 0 spiro atoms. The van der Waals surface area contributed by atoms with Crippen molar-refractivity contribution in [3.8, 4) is 0 Å². The van der Waals surface area contributed by atoms with Gasteiger partial charge in [0.05, 0.1) is 0 Å². The van der Waals surface area contributed by atoms with Crippen LogP contribution in [0, 0.1) is 10.8 Å². The largest absolute Gasteiger partial charge is 0.512 e. The van der Waals surface area contributed by atoms with E-state index >= 15 is 0 Å². The molecule has 0 aromatic carbocycles. The molecular formula is C9H22N2O. The summed E-state index contributed by atoms with van der Waals surface area (Å²) in [6, 6.07) is 0. The van der Waals surface area contributed by atoms with Crippen molar-refractivity contribution in [1.82, 2.24) is 0 Å². The smallest absolute Gasteiger partial charge is 0.118 e. The van der Waals surface area contributed by atoms with E-state index in [4.69, 9.17) is 11.1 Å². The standard InChI is InChI=1S/C7H14N2O.C2H6.H2/c1-7(2,3)5(10)4-6(8)9;1-2;/h4,10H,1-3H3,(H3,8,9);1-2H3;1H/b5-4-;;. The van der Waals surface area contributed by atoms with Crippen LogP contribution in [-0.2, 0) is 0 Å². The van der Waals surface area contributed by atoms with E-state index in [1.807, 2.05) is 34.6 Å². The summed E-state index contributed by atoms with van der Waals surface area (Å²) >= 11 is 0. The third-order valence-electron chi connectivity index (χ3n) is 1.06. The summed E-state index contributed by atoms with van der Waals surface area (Å²) in [5.74, 6) is 0.0208. The Morgan fingerprint density at radius 2 is 1.75 bits per heavy atom. The molecule has 0 saturated heterocycles. The first-order valence-electron chi connectivity index (χ1n) is 4.09. The normalized spacial score (nSPS) is 11.6. The van der Waals surface area contributed by atoms with Gasteiger partial charge in [-0.15, -0.1) is 0 Å². The van der Waals surface area contributed by atoms with Crippen LogP contribution in [0.4, 0.5) is 0 Å². The van der Waals surface area contributed by atoms with E-state index in [0.717, 1.165) is 0 Å². The van der Waals surface area contributed by atoms with Crippen LogP contribution in [0.2, 0.25) is 0 Å². The Morgan fingerprint density at radius 1 is 1.42 bits per heavy atom. The van der Waals surface area contributed by atoms with Gasteiger partial charge in [0.1, 0.15) is 11.6 Å². The molecule has 12 heavy (non-hydrogen) atoms. The van der Waals surface area contributed by atoms with Crippen LogP contribution < -0.4 is 5.73 Å². The molecule has 0 aliphatic heterocycles. The van der Waals surface area contributed by atoms with Crippen molar-refractivity contribution in [1.29, 1.82) is 5.41 Å². The van der Waals surface area contributed by atoms with Gasteiger partial charge < -0.3 is 10.8 Å². The van der Waals surface area contributed by atoms with Crippen LogP contribution in [0.25, 0.3) is 0 Å². The van der Waals surface area contributed by atoms with E-state index in [-0.39, 0.29) is 18.4 Å². The molecule has 3 heteroatoms. The fourth-order valence-corrected chi connectivity index (χ4v) is 0.364. The number of aliphatic hydroxyl groups is 1. The van der Waals surface area contributed by atoms with Crippen LogP contribution in [-0.4, -0.2) is 10.9 Å². The summed E-state index contributed by atoms with van der Waals surface area (Å²) in [6.45, 7) is 9.55. The lowest BCUT2D eigenvalue weighted by Crippen LogP contribution is -2.14. The summed E-state index contributed by atoms with van der Waals surface area (Å²) in [5.41, 5.74) is 4.72. The van der Waals surface area contributed by atoms with Crippen LogP contribution in [0.3, 0.4) is 0 Å². The highest BCUT2D eigenvalue weighted by molar-refractivity contribution is 5.88. The highest BCUT2D eigenvalue weighted by Crippen LogP contribution is 2.21. The maximum absolute atomic E-state index is 9.20. The van der Waals surface area contributed by atoms with Crippen molar-refractivity contribution in [2.24, 2.45) is 11.1 Å². The summed E-state index contributed by atoms with van der Waals surface area (Å²) in [6.07, 6.45) is 1.25. The van der Waals surface area contributed by atoms with Gasteiger partial charge in [-0.05, 0) is 0 Å². The summed E-state index contributed by atoms with van der Waals surface area (Å²) in [4.78, 5) is 0. The summed E-state index contributed by atoms with van der Waals surface area (Å²) in [5, 5.41) is 16.0. The van der Waals surface area contributed by atoms with Crippen LogP contribution >= 0.6 is 0 Å². The van der Waals surface area contributed by atoms with Crippen LogP contribution in [0.5, 0.6) is 0 Å². The van der Waals surface area contributed by atoms with Crippen molar-refractivity contribution in [3.63, 3.8) is 0 Å². The minimum Gasteiger partial charge on any atom is -0.512 e. The number of nitrogens with one attached hydrogen (secondary N) is 1. The fraction of sp³-hybridized carbons (Fsp3) is 0.667. The zero-order valence-electron chi connectivity index (χ0n) is 8.60. The second-order valence-corrected chi connectivity index (χ2v) is 3.23. The summed E-state index contributed by atoms with van der Waals surface area (Å²) in [7, 11) is 0.